The highest BCUT2D eigenvalue weighted by Crippen LogP contribution is 2.17. The van der Waals surface area contributed by atoms with Gasteiger partial charge in [0.2, 0.25) is 0 Å². The molecule has 0 atom stereocenters. The second-order valence-corrected chi connectivity index (χ2v) is 6.23. The first kappa shape index (κ1) is 14.3. The lowest BCUT2D eigenvalue weighted by Crippen LogP contribution is -2.23. The zero-order valence-corrected chi connectivity index (χ0v) is 12.0. The third kappa shape index (κ3) is 3.48. The van der Waals surface area contributed by atoms with Crippen LogP contribution in [0, 0.1) is 0 Å². The Morgan fingerprint density at radius 1 is 1.25 bits per heavy atom. The Balaban J connectivity index is 2.29. The van der Waals surface area contributed by atoms with Crippen molar-refractivity contribution in [3.8, 4) is 0 Å². The van der Waals surface area contributed by atoms with Gasteiger partial charge >= 0.3 is 0 Å². The van der Waals surface area contributed by atoms with Crippen molar-refractivity contribution < 1.29 is 8.42 Å². The maximum atomic E-state index is 12.3. The summed E-state index contributed by atoms with van der Waals surface area (Å²) in [6, 6.07) is 6.06. The molecule has 1 heterocycles. The molecule has 5 nitrogen and oxygen atoms in total. The van der Waals surface area contributed by atoms with Crippen LogP contribution in [0.4, 0.5) is 5.69 Å². The predicted molar refractivity (Wildman–Crippen MR) is 80.7 cm³/mol. The van der Waals surface area contributed by atoms with E-state index in [9.17, 15) is 8.42 Å². The highest BCUT2D eigenvalue weighted by molar-refractivity contribution is 7.89. The largest absolute Gasteiger partial charge is 0.399 e. The summed E-state index contributed by atoms with van der Waals surface area (Å²) in [6.07, 6.45) is 7.03. The van der Waals surface area contributed by atoms with Gasteiger partial charge in [-0.05, 0) is 55.7 Å². The number of hydrogen-bond donors (Lipinski definition) is 2. The summed E-state index contributed by atoms with van der Waals surface area (Å²) >= 11 is 0. The molecule has 0 saturated carbocycles. The van der Waals surface area contributed by atoms with Crippen LogP contribution in [-0.2, 0) is 10.0 Å². The van der Waals surface area contributed by atoms with Gasteiger partial charge in [-0.1, -0.05) is 6.08 Å². The van der Waals surface area contributed by atoms with Crippen LogP contribution in [0.3, 0.4) is 0 Å². The summed E-state index contributed by atoms with van der Waals surface area (Å²) in [5.74, 6) is 0.381. The number of nitrogen functional groups attached to an aromatic ring is 1. The molecule has 0 unspecified atom stereocenters. The summed E-state index contributed by atoms with van der Waals surface area (Å²) < 4.78 is 27.1. The Bertz CT molecular complexity index is 671. The summed E-state index contributed by atoms with van der Waals surface area (Å²) in [7, 11) is -3.64. The van der Waals surface area contributed by atoms with Crippen molar-refractivity contribution in [2.45, 2.75) is 24.7 Å². The van der Waals surface area contributed by atoms with Gasteiger partial charge in [-0.3, -0.25) is 4.72 Å². The summed E-state index contributed by atoms with van der Waals surface area (Å²) in [4.78, 5) is 4.31. The van der Waals surface area contributed by atoms with Gasteiger partial charge in [0.25, 0.3) is 10.0 Å². The fourth-order valence-corrected chi connectivity index (χ4v) is 2.84. The lowest BCUT2D eigenvalue weighted by molar-refractivity contribution is 0.587. The SMILES string of the molecule is C\C1=C(NS(=O)(=O)c2ccc(N)cc2)/N=C\C=C/CC1. The van der Waals surface area contributed by atoms with Crippen LogP contribution >= 0.6 is 0 Å². The first-order valence-electron chi connectivity index (χ1n) is 6.26. The van der Waals surface area contributed by atoms with Gasteiger partial charge < -0.3 is 5.73 Å². The molecule has 0 saturated heterocycles. The monoisotopic (exact) mass is 291 g/mol. The average Bonchev–Trinajstić information content (AvgIpc) is 2.39. The molecule has 20 heavy (non-hydrogen) atoms. The summed E-state index contributed by atoms with van der Waals surface area (Å²) in [6.45, 7) is 1.87. The van der Waals surface area contributed by atoms with Gasteiger partial charge in [0.05, 0.1) is 4.90 Å². The molecule has 0 radical (unpaired) electrons. The van der Waals surface area contributed by atoms with Crippen LogP contribution < -0.4 is 10.5 Å². The van der Waals surface area contributed by atoms with Gasteiger partial charge in [-0.2, -0.15) is 0 Å². The van der Waals surface area contributed by atoms with Crippen molar-refractivity contribution >= 4 is 21.9 Å². The number of sulfonamides is 1. The van der Waals surface area contributed by atoms with E-state index in [1.807, 2.05) is 19.1 Å². The molecule has 6 heteroatoms. The molecular weight excluding hydrogens is 274 g/mol. The molecule has 0 fully saturated rings. The highest BCUT2D eigenvalue weighted by Gasteiger charge is 2.16. The van der Waals surface area contributed by atoms with Crippen molar-refractivity contribution in [1.29, 1.82) is 0 Å². The smallest absolute Gasteiger partial charge is 0.263 e. The Hall–Kier alpha value is -2.08. The predicted octanol–water partition coefficient (Wildman–Crippen LogP) is 2.20. The number of aliphatic imine (C=N–C) groups is 1. The highest BCUT2D eigenvalue weighted by atomic mass is 32.2. The van der Waals surface area contributed by atoms with Crippen molar-refractivity contribution in [3.05, 3.63) is 47.8 Å². The number of nitrogens with one attached hydrogen (secondary N) is 1. The van der Waals surface area contributed by atoms with Gasteiger partial charge in [0.1, 0.15) is 5.82 Å². The van der Waals surface area contributed by atoms with Gasteiger partial charge in [0.15, 0.2) is 0 Å². The van der Waals surface area contributed by atoms with E-state index in [1.165, 1.54) is 12.1 Å². The second kappa shape index (κ2) is 5.92. The fraction of sp³-hybridized carbons (Fsp3) is 0.214. The second-order valence-electron chi connectivity index (χ2n) is 4.55. The number of anilines is 1. The van der Waals surface area contributed by atoms with Gasteiger partial charge in [-0.25, -0.2) is 13.4 Å². The minimum absolute atomic E-state index is 0.166. The molecule has 0 bridgehead atoms. The lowest BCUT2D eigenvalue weighted by Gasteiger charge is -2.12. The van der Waals surface area contributed by atoms with Crippen LogP contribution in [-0.4, -0.2) is 14.6 Å². The van der Waals surface area contributed by atoms with Crippen molar-refractivity contribution in [2.24, 2.45) is 4.99 Å². The number of allylic oxidation sites excluding steroid dienone is 3. The quantitative estimate of drug-likeness (QED) is 0.837. The fourth-order valence-electron chi connectivity index (χ4n) is 1.75. The third-order valence-electron chi connectivity index (χ3n) is 2.94. The Kier molecular flexibility index (Phi) is 4.24. The molecule has 1 aromatic carbocycles. The standard InChI is InChI=1S/C14H17N3O2S/c1-11-5-3-2-4-10-16-14(11)17-20(18,19)13-8-6-12(15)7-9-13/h2,4,6-10,17H,3,5,15H2,1H3/b4-2-,14-11-,16-10-. The van der Waals surface area contributed by atoms with Crippen LogP contribution in [0.25, 0.3) is 0 Å². The van der Waals surface area contributed by atoms with E-state index < -0.39 is 10.0 Å². The maximum Gasteiger partial charge on any atom is 0.263 e. The molecule has 0 amide bonds. The van der Waals surface area contributed by atoms with Crippen LogP contribution in [0.2, 0.25) is 0 Å². The number of hydrogen-bond acceptors (Lipinski definition) is 4. The van der Waals surface area contributed by atoms with E-state index in [4.69, 9.17) is 5.73 Å². The van der Waals surface area contributed by atoms with Crippen LogP contribution in [0.15, 0.2) is 57.7 Å². The lowest BCUT2D eigenvalue weighted by atomic mass is 10.1. The minimum atomic E-state index is -3.64. The minimum Gasteiger partial charge on any atom is -0.399 e. The Morgan fingerprint density at radius 2 is 1.95 bits per heavy atom. The molecule has 106 valence electrons. The van der Waals surface area contributed by atoms with E-state index >= 15 is 0 Å². The first-order chi connectivity index (χ1) is 9.49. The Labute approximate surface area is 119 Å². The number of nitrogens with two attached hydrogens (primary N) is 1. The Morgan fingerprint density at radius 3 is 2.65 bits per heavy atom. The molecule has 2 rings (SSSR count). The average molecular weight is 291 g/mol. The zero-order valence-electron chi connectivity index (χ0n) is 11.2. The topological polar surface area (TPSA) is 84.5 Å². The third-order valence-corrected chi connectivity index (χ3v) is 4.29. The molecule has 1 aliphatic heterocycles. The van der Waals surface area contributed by atoms with E-state index in [1.54, 1.807) is 18.3 Å². The van der Waals surface area contributed by atoms with Gasteiger partial charge in [0, 0.05) is 11.9 Å². The summed E-state index contributed by atoms with van der Waals surface area (Å²) in [5.41, 5.74) is 6.99. The van der Waals surface area contributed by atoms with E-state index in [2.05, 4.69) is 9.71 Å². The first-order valence-corrected chi connectivity index (χ1v) is 7.75. The zero-order chi connectivity index (χ0) is 14.6. The number of benzene rings is 1. The molecule has 0 aliphatic carbocycles. The molecular formula is C14H17N3O2S. The normalized spacial score (nSPS) is 22.6. The van der Waals surface area contributed by atoms with Crippen molar-refractivity contribution in [2.75, 3.05) is 5.73 Å². The molecule has 1 aromatic rings. The molecule has 0 spiro atoms. The van der Waals surface area contributed by atoms with E-state index in [0.29, 0.717) is 11.5 Å². The molecule has 1 aliphatic rings. The molecule has 3 N–H and O–H groups in total. The van der Waals surface area contributed by atoms with Gasteiger partial charge in [-0.15, -0.1) is 0 Å². The van der Waals surface area contributed by atoms with E-state index in [0.717, 1.165) is 18.4 Å². The summed E-state index contributed by atoms with van der Waals surface area (Å²) in [5, 5.41) is 0. The number of nitrogens with zero attached hydrogens (tertiary/aromatic N) is 1. The van der Waals surface area contributed by atoms with Crippen LogP contribution in [0.1, 0.15) is 19.8 Å². The van der Waals surface area contributed by atoms with Crippen molar-refractivity contribution in [3.63, 3.8) is 0 Å². The van der Waals surface area contributed by atoms with Crippen LogP contribution in [0.5, 0.6) is 0 Å². The maximum absolute atomic E-state index is 12.3. The van der Waals surface area contributed by atoms with Crippen molar-refractivity contribution in [1.82, 2.24) is 4.72 Å². The number of rotatable bonds is 3. The van der Waals surface area contributed by atoms with E-state index in [-0.39, 0.29) is 4.90 Å². The molecule has 0 aromatic heterocycles.